The minimum absolute atomic E-state index is 0.111. The van der Waals surface area contributed by atoms with Crippen LogP contribution in [0.2, 0.25) is 0 Å². The first-order chi connectivity index (χ1) is 10.8. The van der Waals surface area contributed by atoms with Crippen LogP contribution in [0.1, 0.15) is 24.8 Å². The van der Waals surface area contributed by atoms with Gasteiger partial charge in [0.1, 0.15) is 5.69 Å². The molecule has 0 spiro atoms. The van der Waals surface area contributed by atoms with Crippen molar-refractivity contribution in [3.63, 3.8) is 0 Å². The molecule has 1 aromatic carbocycles. The summed E-state index contributed by atoms with van der Waals surface area (Å²) in [5.41, 5.74) is 2.48. The number of carbonyl (C=O) groups excluding carboxylic acids is 1. The Bertz CT molecular complexity index is 644. The third-order valence-corrected chi connectivity index (χ3v) is 3.42. The Hall–Kier alpha value is -2.58. The molecule has 1 unspecified atom stereocenters. The van der Waals surface area contributed by atoms with E-state index in [0.717, 1.165) is 18.9 Å². The highest BCUT2D eigenvalue weighted by Gasteiger charge is 2.33. The van der Waals surface area contributed by atoms with Crippen LogP contribution in [0, 0.1) is 16.0 Å². The zero-order valence-corrected chi connectivity index (χ0v) is 11.9. The zero-order chi connectivity index (χ0) is 17.0. The van der Waals surface area contributed by atoms with Crippen molar-refractivity contribution in [1.29, 1.82) is 0 Å². The molecule has 0 saturated carbocycles. The van der Waals surface area contributed by atoms with Crippen molar-refractivity contribution in [2.24, 2.45) is 5.92 Å². The summed E-state index contributed by atoms with van der Waals surface area (Å²) in [6.45, 7) is 0. The molecule has 1 amide bonds. The summed E-state index contributed by atoms with van der Waals surface area (Å²) in [6, 6.07) is 2.05. The van der Waals surface area contributed by atoms with E-state index in [9.17, 15) is 28.1 Å². The van der Waals surface area contributed by atoms with Crippen LogP contribution in [0.3, 0.4) is 0 Å². The highest BCUT2D eigenvalue weighted by atomic mass is 19.4. The van der Waals surface area contributed by atoms with E-state index < -0.39 is 28.3 Å². The number of halogens is 3. The number of carbonyl (C=O) groups is 1. The van der Waals surface area contributed by atoms with Crippen LogP contribution < -0.4 is 10.9 Å². The lowest BCUT2D eigenvalue weighted by molar-refractivity contribution is -0.384. The third-order valence-electron chi connectivity index (χ3n) is 3.42. The van der Waals surface area contributed by atoms with Crippen molar-refractivity contribution in [2.45, 2.75) is 25.4 Å². The molecule has 0 saturated heterocycles. The average molecular weight is 329 g/mol. The van der Waals surface area contributed by atoms with Crippen LogP contribution in [0.5, 0.6) is 0 Å². The Balaban J connectivity index is 2.05. The second-order valence-corrected chi connectivity index (χ2v) is 5.13. The smallest absolute Gasteiger partial charge is 0.292 e. The van der Waals surface area contributed by atoms with E-state index in [4.69, 9.17) is 0 Å². The standard InChI is InChI=1S/C14H14F3N3O3/c15-14(16,17)10-5-6-11(12(8-10)20(22)23)18-19-13(21)7-9-3-1-2-4-9/h1,3,5-6,8-9,18H,2,4,7H2,(H,19,21). The molecule has 1 aliphatic rings. The summed E-state index contributed by atoms with van der Waals surface area (Å²) in [5, 5.41) is 10.9. The van der Waals surface area contributed by atoms with Gasteiger partial charge in [-0.05, 0) is 30.9 Å². The van der Waals surface area contributed by atoms with Crippen molar-refractivity contribution in [1.82, 2.24) is 5.43 Å². The number of nitro groups is 1. The number of hydrogen-bond acceptors (Lipinski definition) is 4. The van der Waals surface area contributed by atoms with Gasteiger partial charge in [0.25, 0.3) is 5.69 Å². The summed E-state index contributed by atoms with van der Waals surface area (Å²) < 4.78 is 37.8. The van der Waals surface area contributed by atoms with Crippen LogP contribution >= 0.6 is 0 Å². The first kappa shape index (κ1) is 16.8. The fourth-order valence-electron chi connectivity index (χ4n) is 2.26. The van der Waals surface area contributed by atoms with E-state index in [1.807, 2.05) is 12.2 Å². The Labute approximate surface area is 129 Å². The summed E-state index contributed by atoms with van der Waals surface area (Å²) >= 11 is 0. The predicted octanol–water partition coefficient (Wildman–Crippen LogP) is 3.41. The molecule has 1 atom stereocenters. The Morgan fingerprint density at radius 2 is 2.13 bits per heavy atom. The fourth-order valence-corrected chi connectivity index (χ4v) is 2.26. The van der Waals surface area contributed by atoms with Gasteiger partial charge in [0.2, 0.25) is 5.91 Å². The predicted molar refractivity (Wildman–Crippen MR) is 76.3 cm³/mol. The lowest BCUT2D eigenvalue weighted by atomic mass is 10.1. The average Bonchev–Trinajstić information content (AvgIpc) is 2.96. The molecule has 0 bridgehead atoms. The first-order valence-corrected chi connectivity index (χ1v) is 6.84. The number of hydrogen-bond donors (Lipinski definition) is 2. The molecule has 0 aromatic heterocycles. The van der Waals surface area contributed by atoms with Crippen LogP contribution in [-0.2, 0) is 11.0 Å². The van der Waals surface area contributed by atoms with Gasteiger partial charge in [0.15, 0.2) is 0 Å². The minimum Gasteiger partial charge on any atom is -0.292 e. The summed E-state index contributed by atoms with van der Waals surface area (Å²) in [4.78, 5) is 21.7. The fraction of sp³-hybridized carbons (Fsp3) is 0.357. The lowest BCUT2D eigenvalue weighted by Crippen LogP contribution is -2.30. The molecule has 124 valence electrons. The summed E-state index contributed by atoms with van der Waals surface area (Å²) in [5.74, 6) is -0.282. The number of benzene rings is 1. The van der Waals surface area contributed by atoms with E-state index in [-0.39, 0.29) is 18.0 Å². The zero-order valence-electron chi connectivity index (χ0n) is 11.9. The van der Waals surface area contributed by atoms with Crippen molar-refractivity contribution in [3.8, 4) is 0 Å². The number of amides is 1. The number of anilines is 1. The topological polar surface area (TPSA) is 84.3 Å². The monoisotopic (exact) mass is 329 g/mol. The van der Waals surface area contributed by atoms with Gasteiger partial charge in [0, 0.05) is 12.5 Å². The molecular formula is C14H14F3N3O3. The SMILES string of the molecule is O=C(CC1C=CCC1)NNc1ccc(C(F)(F)F)cc1[N+](=O)[O-]. The molecule has 1 aromatic rings. The highest BCUT2D eigenvalue weighted by Crippen LogP contribution is 2.34. The molecule has 23 heavy (non-hydrogen) atoms. The van der Waals surface area contributed by atoms with E-state index in [1.54, 1.807) is 0 Å². The normalized spacial score (nSPS) is 17.1. The number of nitro benzene ring substituents is 1. The van der Waals surface area contributed by atoms with E-state index in [2.05, 4.69) is 10.9 Å². The maximum Gasteiger partial charge on any atom is 0.416 e. The highest BCUT2D eigenvalue weighted by molar-refractivity contribution is 5.79. The summed E-state index contributed by atoms with van der Waals surface area (Å²) in [7, 11) is 0. The third kappa shape index (κ3) is 4.44. The molecule has 9 heteroatoms. The van der Waals surface area contributed by atoms with Crippen LogP contribution in [0.25, 0.3) is 0 Å². The number of rotatable bonds is 5. The van der Waals surface area contributed by atoms with Crippen LogP contribution in [0.15, 0.2) is 30.4 Å². The number of nitrogens with one attached hydrogen (secondary N) is 2. The van der Waals surface area contributed by atoms with Gasteiger partial charge in [-0.1, -0.05) is 12.2 Å². The van der Waals surface area contributed by atoms with Crippen molar-refractivity contribution in [2.75, 3.05) is 5.43 Å². The number of nitrogens with zero attached hydrogens (tertiary/aromatic N) is 1. The molecule has 1 aliphatic carbocycles. The van der Waals surface area contributed by atoms with E-state index in [1.165, 1.54) is 0 Å². The largest absolute Gasteiger partial charge is 0.416 e. The quantitative estimate of drug-likeness (QED) is 0.492. The van der Waals surface area contributed by atoms with Gasteiger partial charge in [-0.3, -0.25) is 25.8 Å². The van der Waals surface area contributed by atoms with Crippen molar-refractivity contribution >= 4 is 17.3 Å². The number of allylic oxidation sites excluding steroid dienone is 2. The molecular weight excluding hydrogens is 315 g/mol. The van der Waals surface area contributed by atoms with Gasteiger partial charge in [-0.15, -0.1) is 0 Å². The van der Waals surface area contributed by atoms with Gasteiger partial charge in [0.05, 0.1) is 10.5 Å². The maximum absolute atomic E-state index is 12.6. The minimum atomic E-state index is -4.68. The molecule has 2 rings (SSSR count). The van der Waals surface area contributed by atoms with Crippen molar-refractivity contribution in [3.05, 3.63) is 46.0 Å². The van der Waals surface area contributed by atoms with Crippen LogP contribution in [-0.4, -0.2) is 10.8 Å². The second-order valence-electron chi connectivity index (χ2n) is 5.13. The number of hydrazine groups is 1. The van der Waals surface area contributed by atoms with E-state index >= 15 is 0 Å². The van der Waals surface area contributed by atoms with Gasteiger partial charge < -0.3 is 0 Å². The summed E-state index contributed by atoms with van der Waals surface area (Å²) in [6.07, 6.45) is 1.16. The lowest BCUT2D eigenvalue weighted by Gasteiger charge is -2.12. The number of alkyl halides is 3. The second kappa shape index (κ2) is 6.67. The Kier molecular flexibility index (Phi) is 4.87. The molecule has 0 heterocycles. The van der Waals surface area contributed by atoms with E-state index in [0.29, 0.717) is 12.1 Å². The van der Waals surface area contributed by atoms with Gasteiger partial charge in [-0.2, -0.15) is 13.2 Å². The maximum atomic E-state index is 12.6. The van der Waals surface area contributed by atoms with Crippen LogP contribution in [0.4, 0.5) is 24.5 Å². The Morgan fingerprint density at radius 3 is 2.70 bits per heavy atom. The van der Waals surface area contributed by atoms with Crippen molar-refractivity contribution < 1.29 is 22.9 Å². The first-order valence-electron chi connectivity index (χ1n) is 6.84. The molecule has 0 radical (unpaired) electrons. The van der Waals surface area contributed by atoms with Gasteiger partial charge in [-0.25, -0.2) is 0 Å². The molecule has 2 N–H and O–H groups in total. The molecule has 0 fully saturated rings. The molecule has 6 nitrogen and oxygen atoms in total. The van der Waals surface area contributed by atoms with Gasteiger partial charge >= 0.3 is 6.18 Å². The Morgan fingerprint density at radius 1 is 1.39 bits per heavy atom. The molecule has 0 aliphatic heterocycles.